The molecule has 8 heteroatoms. The number of nitrogens with one attached hydrogen (secondary N) is 2. The highest BCUT2D eigenvalue weighted by Crippen LogP contribution is 2.27. The SMILES string of the molecule is CC(=O)NC(C(=O)Nc1ccc(Cl)c([N+](=O)[O-])c1)C(C)C. The van der Waals surface area contributed by atoms with Gasteiger partial charge >= 0.3 is 0 Å². The summed E-state index contributed by atoms with van der Waals surface area (Å²) in [6.45, 7) is 4.88. The second-order valence-corrected chi connectivity index (χ2v) is 5.24. The summed E-state index contributed by atoms with van der Waals surface area (Å²) in [5.41, 5.74) is -0.0535. The van der Waals surface area contributed by atoms with Gasteiger partial charge < -0.3 is 10.6 Å². The molecule has 0 saturated carbocycles. The van der Waals surface area contributed by atoms with Crippen LogP contribution in [0.4, 0.5) is 11.4 Å². The van der Waals surface area contributed by atoms with Crippen LogP contribution in [-0.2, 0) is 9.59 Å². The van der Waals surface area contributed by atoms with Crippen molar-refractivity contribution in [3.63, 3.8) is 0 Å². The molecule has 2 N–H and O–H groups in total. The van der Waals surface area contributed by atoms with Crippen molar-refractivity contribution >= 4 is 34.8 Å². The van der Waals surface area contributed by atoms with E-state index in [1.165, 1.54) is 25.1 Å². The van der Waals surface area contributed by atoms with E-state index in [4.69, 9.17) is 11.6 Å². The number of halogens is 1. The van der Waals surface area contributed by atoms with E-state index in [0.29, 0.717) is 0 Å². The molecule has 0 fully saturated rings. The molecule has 114 valence electrons. The Morgan fingerprint density at radius 1 is 1.33 bits per heavy atom. The number of nitrogens with zero attached hydrogens (tertiary/aromatic N) is 1. The zero-order valence-corrected chi connectivity index (χ0v) is 12.6. The molecular weight excluding hydrogens is 298 g/mol. The number of carbonyl (C=O) groups excluding carboxylic acids is 2. The Balaban J connectivity index is 2.93. The summed E-state index contributed by atoms with van der Waals surface area (Å²) in [4.78, 5) is 33.4. The van der Waals surface area contributed by atoms with Crippen molar-refractivity contribution in [1.29, 1.82) is 0 Å². The van der Waals surface area contributed by atoms with Crippen LogP contribution in [0.1, 0.15) is 20.8 Å². The van der Waals surface area contributed by atoms with Gasteiger partial charge in [-0.05, 0) is 18.1 Å². The van der Waals surface area contributed by atoms with Gasteiger partial charge in [-0.3, -0.25) is 19.7 Å². The maximum absolute atomic E-state index is 12.1. The monoisotopic (exact) mass is 313 g/mol. The first-order valence-electron chi connectivity index (χ1n) is 6.24. The number of carbonyl (C=O) groups is 2. The third-order valence-corrected chi connectivity index (χ3v) is 3.04. The van der Waals surface area contributed by atoms with Crippen LogP contribution >= 0.6 is 11.6 Å². The molecule has 7 nitrogen and oxygen atoms in total. The van der Waals surface area contributed by atoms with Gasteiger partial charge in [0.15, 0.2) is 0 Å². The first kappa shape index (κ1) is 16.9. The molecule has 0 aliphatic heterocycles. The van der Waals surface area contributed by atoms with Gasteiger partial charge in [-0.15, -0.1) is 0 Å². The summed E-state index contributed by atoms with van der Waals surface area (Å²) in [6.07, 6.45) is 0. The number of anilines is 1. The average Bonchev–Trinajstić information content (AvgIpc) is 2.37. The minimum Gasteiger partial charge on any atom is -0.344 e. The van der Waals surface area contributed by atoms with Gasteiger partial charge in [0, 0.05) is 18.7 Å². The molecule has 0 saturated heterocycles. The van der Waals surface area contributed by atoms with Crippen molar-refractivity contribution in [2.24, 2.45) is 5.92 Å². The number of nitro benzene ring substituents is 1. The molecule has 0 bridgehead atoms. The highest BCUT2D eigenvalue weighted by Gasteiger charge is 2.23. The van der Waals surface area contributed by atoms with Gasteiger partial charge in [0.2, 0.25) is 11.8 Å². The largest absolute Gasteiger partial charge is 0.344 e. The molecular formula is C13H16ClN3O4. The predicted octanol–water partition coefficient (Wildman–Crippen LogP) is 2.35. The Morgan fingerprint density at radius 2 is 1.95 bits per heavy atom. The quantitative estimate of drug-likeness (QED) is 0.643. The highest BCUT2D eigenvalue weighted by atomic mass is 35.5. The zero-order valence-electron chi connectivity index (χ0n) is 11.8. The van der Waals surface area contributed by atoms with Crippen LogP contribution in [-0.4, -0.2) is 22.8 Å². The summed E-state index contributed by atoms with van der Waals surface area (Å²) >= 11 is 5.70. The van der Waals surface area contributed by atoms with E-state index in [1.54, 1.807) is 13.8 Å². The Morgan fingerprint density at radius 3 is 2.43 bits per heavy atom. The lowest BCUT2D eigenvalue weighted by atomic mass is 10.0. The Bertz CT molecular complexity index is 575. The molecule has 0 heterocycles. The Kier molecular flexibility index (Phi) is 5.66. The standard InChI is InChI=1S/C13H16ClN3O4/c1-7(2)12(15-8(3)18)13(19)16-9-4-5-10(14)11(6-9)17(20)21/h4-7,12H,1-3H3,(H,15,18)(H,16,19). The first-order chi connectivity index (χ1) is 9.72. The number of hydrogen-bond acceptors (Lipinski definition) is 4. The van der Waals surface area contributed by atoms with Gasteiger partial charge in [-0.1, -0.05) is 25.4 Å². The summed E-state index contributed by atoms with van der Waals surface area (Å²) < 4.78 is 0. The molecule has 1 aromatic carbocycles. The van der Waals surface area contributed by atoms with Gasteiger partial charge in [0.05, 0.1) is 4.92 Å². The fourth-order valence-corrected chi connectivity index (χ4v) is 1.89. The van der Waals surface area contributed by atoms with E-state index in [0.717, 1.165) is 0 Å². The van der Waals surface area contributed by atoms with Crippen LogP contribution in [0, 0.1) is 16.0 Å². The van der Waals surface area contributed by atoms with Crippen LogP contribution < -0.4 is 10.6 Å². The molecule has 1 unspecified atom stereocenters. The summed E-state index contributed by atoms with van der Waals surface area (Å²) in [5.74, 6) is -0.904. The van der Waals surface area contributed by atoms with Crippen LogP contribution in [0.25, 0.3) is 0 Å². The number of amides is 2. The minimum absolute atomic E-state index is 0.0136. The topological polar surface area (TPSA) is 101 Å². The lowest BCUT2D eigenvalue weighted by Crippen LogP contribution is -2.46. The molecule has 21 heavy (non-hydrogen) atoms. The molecule has 1 atom stereocenters. The van der Waals surface area contributed by atoms with Crippen LogP contribution in [0.5, 0.6) is 0 Å². The van der Waals surface area contributed by atoms with Crippen molar-refractivity contribution in [2.45, 2.75) is 26.8 Å². The van der Waals surface area contributed by atoms with E-state index in [1.807, 2.05) is 0 Å². The van der Waals surface area contributed by atoms with Crippen molar-refractivity contribution in [3.05, 3.63) is 33.3 Å². The van der Waals surface area contributed by atoms with E-state index in [9.17, 15) is 19.7 Å². The van der Waals surface area contributed by atoms with E-state index in [2.05, 4.69) is 10.6 Å². The molecule has 1 aromatic rings. The van der Waals surface area contributed by atoms with E-state index >= 15 is 0 Å². The van der Waals surface area contributed by atoms with Gasteiger partial charge in [0.1, 0.15) is 11.1 Å². The molecule has 0 radical (unpaired) electrons. The number of nitro groups is 1. The minimum atomic E-state index is -0.725. The van der Waals surface area contributed by atoms with Crippen LogP contribution in [0.15, 0.2) is 18.2 Å². The average molecular weight is 314 g/mol. The normalized spacial score (nSPS) is 11.9. The maximum Gasteiger partial charge on any atom is 0.289 e. The molecule has 0 spiro atoms. The number of benzene rings is 1. The van der Waals surface area contributed by atoms with Crippen molar-refractivity contribution in [1.82, 2.24) is 5.32 Å². The molecule has 0 aromatic heterocycles. The third kappa shape index (κ3) is 4.71. The lowest BCUT2D eigenvalue weighted by molar-refractivity contribution is -0.384. The fraction of sp³-hybridized carbons (Fsp3) is 0.385. The van der Waals surface area contributed by atoms with Gasteiger partial charge in [-0.25, -0.2) is 0 Å². The van der Waals surface area contributed by atoms with Crippen molar-refractivity contribution in [2.75, 3.05) is 5.32 Å². The predicted molar refractivity (Wildman–Crippen MR) is 79.2 cm³/mol. The third-order valence-electron chi connectivity index (χ3n) is 2.72. The van der Waals surface area contributed by atoms with Gasteiger partial charge in [0.25, 0.3) is 5.69 Å². The number of hydrogen-bond donors (Lipinski definition) is 2. The zero-order chi connectivity index (χ0) is 16.2. The van der Waals surface area contributed by atoms with Crippen molar-refractivity contribution in [3.8, 4) is 0 Å². The van der Waals surface area contributed by atoms with E-state index in [-0.39, 0.29) is 28.2 Å². The first-order valence-corrected chi connectivity index (χ1v) is 6.62. The van der Waals surface area contributed by atoms with E-state index < -0.39 is 16.9 Å². The van der Waals surface area contributed by atoms with Crippen LogP contribution in [0.2, 0.25) is 5.02 Å². The van der Waals surface area contributed by atoms with Crippen LogP contribution in [0.3, 0.4) is 0 Å². The molecule has 2 amide bonds. The molecule has 0 aliphatic rings. The van der Waals surface area contributed by atoms with Crippen molar-refractivity contribution < 1.29 is 14.5 Å². The molecule has 0 aliphatic carbocycles. The maximum atomic E-state index is 12.1. The highest BCUT2D eigenvalue weighted by molar-refractivity contribution is 6.32. The summed E-state index contributed by atoms with van der Waals surface area (Å²) in [7, 11) is 0. The Hall–Kier alpha value is -2.15. The Labute approximate surface area is 126 Å². The van der Waals surface area contributed by atoms with Gasteiger partial charge in [-0.2, -0.15) is 0 Å². The second-order valence-electron chi connectivity index (χ2n) is 4.83. The lowest BCUT2D eigenvalue weighted by Gasteiger charge is -2.20. The number of rotatable bonds is 5. The summed E-state index contributed by atoms with van der Waals surface area (Å²) in [5, 5.41) is 15.9. The smallest absolute Gasteiger partial charge is 0.289 e. The molecule has 1 rings (SSSR count). The summed E-state index contributed by atoms with van der Waals surface area (Å²) in [6, 6.07) is 3.24. The second kappa shape index (κ2) is 7.03. The fourth-order valence-electron chi connectivity index (χ4n) is 1.70.